The Hall–Kier alpha value is -1.68. The smallest absolute Gasteiger partial charge is 0.296 e. The van der Waals surface area contributed by atoms with Gasteiger partial charge in [-0.3, -0.25) is 9.59 Å². The van der Waals surface area contributed by atoms with Crippen LogP contribution < -0.4 is 11.1 Å². The number of benzene rings is 1. The molecule has 0 radical (unpaired) electrons. The molecule has 1 atom stereocenters. The fourth-order valence-electron chi connectivity index (χ4n) is 1.60. The van der Waals surface area contributed by atoms with Crippen LogP contribution in [-0.4, -0.2) is 11.7 Å². The zero-order valence-electron chi connectivity index (χ0n) is 7.70. The minimum absolute atomic E-state index is 0.249. The van der Waals surface area contributed by atoms with Gasteiger partial charge in [-0.25, -0.2) is 0 Å². The maximum absolute atomic E-state index is 11.5. The van der Waals surface area contributed by atoms with Crippen molar-refractivity contribution in [3.05, 3.63) is 29.3 Å². The number of hydrogen-bond acceptors (Lipinski definition) is 3. The molecule has 4 nitrogen and oxygen atoms in total. The number of rotatable bonds is 1. The summed E-state index contributed by atoms with van der Waals surface area (Å²) in [5, 5.41) is 2.50. The number of hydrogen-bond donors (Lipinski definition) is 2. The van der Waals surface area contributed by atoms with Gasteiger partial charge in [-0.1, -0.05) is 12.1 Å². The molecule has 1 amide bonds. The largest absolute Gasteiger partial charge is 0.324 e. The van der Waals surface area contributed by atoms with Crippen LogP contribution in [0.1, 0.15) is 28.9 Å². The molecule has 0 saturated heterocycles. The van der Waals surface area contributed by atoms with Gasteiger partial charge in [0, 0.05) is 6.04 Å². The zero-order chi connectivity index (χ0) is 10.3. The van der Waals surface area contributed by atoms with E-state index in [9.17, 15) is 9.59 Å². The third-order valence-corrected chi connectivity index (χ3v) is 2.27. The van der Waals surface area contributed by atoms with E-state index in [-0.39, 0.29) is 6.04 Å². The van der Waals surface area contributed by atoms with Crippen LogP contribution in [0.3, 0.4) is 0 Å². The lowest BCUT2D eigenvalue weighted by molar-refractivity contribution is -0.112. The van der Waals surface area contributed by atoms with E-state index >= 15 is 0 Å². The first kappa shape index (κ1) is 8.90. The standard InChI is InChI=1S/C10H10N2O2/c1-5(11)6-3-2-4-7-8(6)9(13)10(14)12-7/h2-5H,11H2,1H3,(H,12,13,14). The predicted octanol–water partition coefficient (Wildman–Crippen LogP) is 0.841. The number of Topliss-reactive ketones (excluding diaryl/α,β-unsaturated/α-hetero) is 1. The van der Waals surface area contributed by atoms with Crippen LogP contribution in [0.5, 0.6) is 0 Å². The van der Waals surface area contributed by atoms with Gasteiger partial charge in [-0.2, -0.15) is 0 Å². The number of ketones is 1. The number of amides is 1. The Labute approximate surface area is 81.1 Å². The van der Waals surface area contributed by atoms with E-state index in [4.69, 9.17) is 5.73 Å². The highest BCUT2D eigenvalue weighted by Crippen LogP contribution is 2.28. The van der Waals surface area contributed by atoms with Gasteiger partial charge >= 0.3 is 0 Å². The minimum Gasteiger partial charge on any atom is -0.324 e. The van der Waals surface area contributed by atoms with Crippen molar-refractivity contribution in [3.8, 4) is 0 Å². The highest BCUT2D eigenvalue weighted by Gasteiger charge is 2.30. The van der Waals surface area contributed by atoms with E-state index < -0.39 is 11.7 Å². The summed E-state index contributed by atoms with van der Waals surface area (Å²) in [7, 11) is 0. The Morgan fingerprint density at radius 3 is 2.71 bits per heavy atom. The molecule has 0 fully saturated rings. The second kappa shape index (κ2) is 2.92. The maximum Gasteiger partial charge on any atom is 0.296 e. The van der Waals surface area contributed by atoms with Gasteiger partial charge in [0.2, 0.25) is 0 Å². The molecule has 1 unspecified atom stereocenters. The van der Waals surface area contributed by atoms with Crippen LogP contribution in [0, 0.1) is 0 Å². The van der Waals surface area contributed by atoms with Gasteiger partial charge in [-0.05, 0) is 18.6 Å². The Kier molecular flexibility index (Phi) is 1.86. The summed E-state index contributed by atoms with van der Waals surface area (Å²) in [5.74, 6) is -1.07. The van der Waals surface area contributed by atoms with E-state index in [2.05, 4.69) is 5.32 Å². The van der Waals surface area contributed by atoms with Crippen LogP contribution in [0.25, 0.3) is 0 Å². The van der Waals surface area contributed by atoms with Crippen molar-refractivity contribution in [1.82, 2.24) is 0 Å². The number of fused-ring (bicyclic) bond motifs is 1. The fourth-order valence-corrected chi connectivity index (χ4v) is 1.60. The fraction of sp³-hybridized carbons (Fsp3) is 0.200. The third-order valence-electron chi connectivity index (χ3n) is 2.27. The molecule has 0 aromatic heterocycles. The van der Waals surface area contributed by atoms with Crippen molar-refractivity contribution in [1.29, 1.82) is 0 Å². The van der Waals surface area contributed by atoms with Crippen molar-refractivity contribution >= 4 is 17.4 Å². The molecular weight excluding hydrogens is 180 g/mol. The monoisotopic (exact) mass is 190 g/mol. The second-order valence-electron chi connectivity index (χ2n) is 3.34. The van der Waals surface area contributed by atoms with Crippen molar-refractivity contribution in [2.75, 3.05) is 5.32 Å². The van der Waals surface area contributed by atoms with Crippen molar-refractivity contribution in [3.63, 3.8) is 0 Å². The molecule has 0 aliphatic carbocycles. The number of anilines is 1. The summed E-state index contributed by atoms with van der Waals surface area (Å²) >= 11 is 0. The summed E-state index contributed by atoms with van der Waals surface area (Å²) in [4.78, 5) is 22.6. The molecule has 0 spiro atoms. The lowest BCUT2D eigenvalue weighted by Crippen LogP contribution is -2.15. The topological polar surface area (TPSA) is 72.2 Å². The average Bonchev–Trinajstić information content (AvgIpc) is 2.43. The van der Waals surface area contributed by atoms with E-state index in [1.165, 1.54) is 0 Å². The molecular formula is C10H10N2O2. The third kappa shape index (κ3) is 1.12. The molecule has 2 rings (SSSR count). The van der Waals surface area contributed by atoms with Crippen molar-refractivity contribution in [2.45, 2.75) is 13.0 Å². The van der Waals surface area contributed by atoms with Gasteiger partial charge in [0.15, 0.2) is 0 Å². The molecule has 0 bridgehead atoms. The molecule has 1 aliphatic rings. The molecule has 3 N–H and O–H groups in total. The number of carbonyl (C=O) groups excluding carboxylic acids is 2. The van der Waals surface area contributed by atoms with Crippen molar-refractivity contribution < 1.29 is 9.59 Å². The predicted molar refractivity (Wildman–Crippen MR) is 52.0 cm³/mol. The minimum atomic E-state index is -0.576. The number of carbonyl (C=O) groups is 2. The number of nitrogens with two attached hydrogens (primary N) is 1. The quantitative estimate of drug-likeness (QED) is 0.644. The van der Waals surface area contributed by atoms with E-state index in [1.54, 1.807) is 25.1 Å². The Morgan fingerprint density at radius 1 is 1.36 bits per heavy atom. The summed E-state index contributed by atoms with van der Waals surface area (Å²) in [6, 6.07) is 4.99. The van der Waals surface area contributed by atoms with Crippen LogP contribution in [0.4, 0.5) is 5.69 Å². The first-order valence-corrected chi connectivity index (χ1v) is 4.35. The molecule has 1 heterocycles. The van der Waals surface area contributed by atoms with Gasteiger partial charge in [0.05, 0.1) is 11.3 Å². The molecule has 14 heavy (non-hydrogen) atoms. The highest BCUT2D eigenvalue weighted by atomic mass is 16.2. The summed E-state index contributed by atoms with van der Waals surface area (Å²) in [6.45, 7) is 1.78. The first-order valence-electron chi connectivity index (χ1n) is 4.35. The molecule has 0 saturated carbocycles. The molecule has 4 heteroatoms. The van der Waals surface area contributed by atoms with Crippen molar-refractivity contribution in [2.24, 2.45) is 5.73 Å². The summed E-state index contributed by atoms with van der Waals surface area (Å²) in [5.41, 5.74) is 7.41. The SMILES string of the molecule is CC(N)c1cccc2c1C(=O)C(=O)N2. The summed E-state index contributed by atoms with van der Waals surface area (Å²) < 4.78 is 0. The lowest BCUT2D eigenvalue weighted by Gasteiger charge is -2.08. The van der Waals surface area contributed by atoms with Gasteiger partial charge in [-0.15, -0.1) is 0 Å². The van der Waals surface area contributed by atoms with Crippen LogP contribution in [-0.2, 0) is 4.79 Å². The van der Waals surface area contributed by atoms with Gasteiger partial charge < -0.3 is 11.1 Å². The molecule has 1 aromatic rings. The Balaban J connectivity index is 2.64. The zero-order valence-corrected chi connectivity index (χ0v) is 7.70. The van der Waals surface area contributed by atoms with Gasteiger partial charge in [0.1, 0.15) is 0 Å². The maximum atomic E-state index is 11.5. The number of nitrogens with one attached hydrogen (secondary N) is 1. The molecule has 1 aliphatic heterocycles. The average molecular weight is 190 g/mol. The van der Waals surface area contributed by atoms with E-state index in [0.717, 1.165) is 0 Å². The van der Waals surface area contributed by atoms with E-state index in [1.807, 2.05) is 0 Å². The van der Waals surface area contributed by atoms with Gasteiger partial charge in [0.25, 0.3) is 11.7 Å². The van der Waals surface area contributed by atoms with E-state index in [0.29, 0.717) is 16.8 Å². The lowest BCUT2D eigenvalue weighted by atomic mass is 9.99. The Bertz CT molecular complexity index is 424. The second-order valence-corrected chi connectivity index (χ2v) is 3.34. The van der Waals surface area contributed by atoms with Crippen LogP contribution in [0.2, 0.25) is 0 Å². The van der Waals surface area contributed by atoms with Crippen LogP contribution >= 0.6 is 0 Å². The normalized spacial score (nSPS) is 16.4. The highest BCUT2D eigenvalue weighted by molar-refractivity contribution is 6.52. The van der Waals surface area contributed by atoms with Crippen LogP contribution in [0.15, 0.2) is 18.2 Å². The first-order chi connectivity index (χ1) is 6.61. The molecule has 1 aromatic carbocycles. The summed E-state index contributed by atoms with van der Waals surface area (Å²) in [6.07, 6.45) is 0. The Morgan fingerprint density at radius 2 is 2.07 bits per heavy atom. The molecule has 72 valence electrons.